The van der Waals surface area contributed by atoms with E-state index >= 15 is 0 Å². The van der Waals surface area contributed by atoms with Gasteiger partial charge in [0.05, 0.1) is 13.7 Å². The number of ether oxygens (including phenoxy) is 2. The zero-order chi connectivity index (χ0) is 17.1. The fourth-order valence-corrected chi connectivity index (χ4v) is 1.68. The summed E-state index contributed by atoms with van der Waals surface area (Å²) < 4.78 is 9.93. The molecular weight excluding hydrogens is 298 g/mol. The largest absolute Gasteiger partial charge is 0.453 e. The molecule has 0 unspecified atom stereocenters. The Kier molecular flexibility index (Phi) is 8.52. The molecule has 3 N–H and O–H groups in total. The number of hydrogen-bond acceptors (Lipinski definition) is 4. The van der Waals surface area contributed by atoms with E-state index in [1.165, 1.54) is 7.11 Å². The number of carbonyl (C=O) groups excluding carboxylic acids is 2. The first-order valence-electron chi connectivity index (χ1n) is 7.59. The number of nitrogens with one attached hydrogen (secondary N) is 3. The van der Waals surface area contributed by atoms with Gasteiger partial charge in [-0.05, 0) is 30.5 Å². The molecule has 0 saturated carbocycles. The van der Waals surface area contributed by atoms with Crippen LogP contribution >= 0.6 is 0 Å². The number of rotatable bonds is 8. The first-order valence-corrected chi connectivity index (χ1v) is 7.59. The third-order valence-corrected chi connectivity index (χ3v) is 2.92. The van der Waals surface area contributed by atoms with Crippen LogP contribution in [-0.2, 0) is 9.47 Å². The highest BCUT2D eigenvalue weighted by Gasteiger charge is 2.04. The molecule has 0 atom stereocenters. The van der Waals surface area contributed by atoms with E-state index in [9.17, 15) is 9.59 Å². The van der Waals surface area contributed by atoms with Gasteiger partial charge in [0, 0.05) is 24.5 Å². The van der Waals surface area contributed by atoms with Crippen molar-refractivity contribution in [2.24, 2.45) is 5.92 Å². The van der Waals surface area contributed by atoms with E-state index in [2.05, 4.69) is 34.5 Å². The Morgan fingerprint density at radius 2 is 1.83 bits per heavy atom. The Balaban J connectivity index is 2.28. The summed E-state index contributed by atoms with van der Waals surface area (Å²) >= 11 is 0. The van der Waals surface area contributed by atoms with E-state index in [1.807, 2.05) is 0 Å². The quantitative estimate of drug-likeness (QED) is 0.642. The summed E-state index contributed by atoms with van der Waals surface area (Å²) in [5.41, 5.74) is 1.10. The molecule has 7 nitrogen and oxygen atoms in total. The summed E-state index contributed by atoms with van der Waals surface area (Å²) in [4.78, 5) is 22.9. The van der Waals surface area contributed by atoms with Crippen LogP contribution in [0.15, 0.2) is 24.3 Å². The van der Waals surface area contributed by atoms with Gasteiger partial charge in [-0.25, -0.2) is 9.59 Å². The third kappa shape index (κ3) is 8.67. The minimum absolute atomic E-state index is 0.326. The van der Waals surface area contributed by atoms with E-state index in [4.69, 9.17) is 4.74 Å². The van der Waals surface area contributed by atoms with E-state index in [0.29, 0.717) is 37.1 Å². The molecule has 0 aliphatic rings. The maximum absolute atomic E-state index is 11.8. The highest BCUT2D eigenvalue weighted by molar-refractivity contribution is 5.91. The Morgan fingerprint density at radius 3 is 2.48 bits per heavy atom. The first kappa shape index (κ1) is 18.8. The lowest BCUT2D eigenvalue weighted by molar-refractivity contribution is 0.126. The van der Waals surface area contributed by atoms with Crippen LogP contribution < -0.4 is 16.0 Å². The van der Waals surface area contributed by atoms with Crippen molar-refractivity contribution < 1.29 is 19.1 Å². The maximum atomic E-state index is 11.8. The van der Waals surface area contributed by atoms with Crippen LogP contribution in [0.25, 0.3) is 0 Å². The van der Waals surface area contributed by atoms with Crippen molar-refractivity contribution in [2.45, 2.75) is 20.3 Å². The topological polar surface area (TPSA) is 88.7 Å². The van der Waals surface area contributed by atoms with Crippen molar-refractivity contribution >= 4 is 23.5 Å². The highest BCUT2D eigenvalue weighted by Crippen LogP contribution is 2.15. The zero-order valence-electron chi connectivity index (χ0n) is 13.8. The number of hydrogen-bond donors (Lipinski definition) is 3. The lowest BCUT2D eigenvalue weighted by Crippen LogP contribution is -2.31. The van der Waals surface area contributed by atoms with Crippen LogP contribution in [0.5, 0.6) is 0 Å². The molecule has 1 rings (SSSR count). The number of methoxy groups -OCH3 is 1. The van der Waals surface area contributed by atoms with Crippen molar-refractivity contribution in [3.05, 3.63) is 24.3 Å². The summed E-state index contributed by atoms with van der Waals surface area (Å²) in [6.07, 6.45) is 0.441. The van der Waals surface area contributed by atoms with Crippen molar-refractivity contribution in [1.29, 1.82) is 0 Å². The number of benzene rings is 1. The van der Waals surface area contributed by atoms with Gasteiger partial charge in [0.1, 0.15) is 0 Å². The van der Waals surface area contributed by atoms with Crippen LogP contribution in [0, 0.1) is 5.92 Å². The molecule has 0 aliphatic heterocycles. The smallest absolute Gasteiger partial charge is 0.411 e. The molecule has 0 aliphatic carbocycles. The van der Waals surface area contributed by atoms with Gasteiger partial charge in [-0.1, -0.05) is 19.9 Å². The number of amides is 3. The fraction of sp³-hybridized carbons (Fsp3) is 0.500. The molecule has 0 heterocycles. The van der Waals surface area contributed by atoms with Crippen LogP contribution in [-0.4, -0.2) is 39.0 Å². The predicted molar refractivity (Wildman–Crippen MR) is 89.8 cm³/mol. The summed E-state index contributed by atoms with van der Waals surface area (Å²) in [6.45, 7) is 5.88. The number of urea groups is 1. The molecule has 23 heavy (non-hydrogen) atoms. The number of carbonyl (C=O) groups is 2. The molecule has 0 saturated heterocycles. The Hall–Kier alpha value is -2.28. The molecular formula is C16H25N3O4. The average Bonchev–Trinajstić information content (AvgIpc) is 2.50. The minimum Gasteiger partial charge on any atom is -0.453 e. The third-order valence-electron chi connectivity index (χ3n) is 2.92. The summed E-state index contributed by atoms with van der Waals surface area (Å²) in [5, 5.41) is 7.92. The second-order valence-corrected chi connectivity index (χ2v) is 5.37. The molecule has 0 spiro atoms. The van der Waals surface area contributed by atoms with Crippen molar-refractivity contribution in [3.63, 3.8) is 0 Å². The lowest BCUT2D eigenvalue weighted by Gasteiger charge is -2.10. The molecule has 3 amide bonds. The Labute approximate surface area is 136 Å². The van der Waals surface area contributed by atoms with Gasteiger partial charge in [0.25, 0.3) is 0 Å². The van der Waals surface area contributed by atoms with Crippen molar-refractivity contribution in [1.82, 2.24) is 5.32 Å². The van der Waals surface area contributed by atoms with Crippen LogP contribution in [0.2, 0.25) is 0 Å². The summed E-state index contributed by atoms with van der Waals surface area (Å²) in [7, 11) is 1.29. The van der Waals surface area contributed by atoms with E-state index in [1.54, 1.807) is 24.3 Å². The maximum Gasteiger partial charge on any atom is 0.411 e. The van der Waals surface area contributed by atoms with Crippen molar-refractivity contribution in [3.8, 4) is 0 Å². The molecule has 1 aromatic carbocycles. The van der Waals surface area contributed by atoms with E-state index in [-0.39, 0.29) is 6.03 Å². The van der Waals surface area contributed by atoms with Crippen LogP contribution in [0.1, 0.15) is 20.3 Å². The molecule has 128 valence electrons. The first-order chi connectivity index (χ1) is 11.0. The molecule has 7 heteroatoms. The van der Waals surface area contributed by atoms with Gasteiger partial charge >= 0.3 is 12.1 Å². The highest BCUT2D eigenvalue weighted by atomic mass is 16.5. The van der Waals surface area contributed by atoms with Gasteiger partial charge < -0.3 is 20.1 Å². The zero-order valence-corrected chi connectivity index (χ0v) is 13.8. The average molecular weight is 323 g/mol. The lowest BCUT2D eigenvalue weighted by atomic mass is 10.1. The Bertz CT molecular complexity index is 506. The molecule has 1 aromatic rings. The Morgan fingerprint density at radius 1 is 1.13 bits per heavy atom. The van der Waals surface area contributed by atoms with Gasteiger partial charge in [-0.2, -0.15) is 0 Å². The molecule has 0 bridgehead atoms. The minimum atomic E-state index is -0.565. The monoisotopic (exact) mass is 323 g/mol. The summed E-state index contributed by atoms with van der Waals surface area (Å²) in [5.74, 6) is 0.608. The van der Waals surface area contributed by atoms with Crippen LogP contribution in [0.3, 0.4) is 0 Å². The van der Waals surface area contributed by atoms with Gasteiger partial charge in [0.15, 0.2) is 0 Å². The number of anilines is 2. The predicted octanol–water partition coefficient (Wildman–Crippen LogP) is 3.05. The second-order valence-electron chi connectivity index (χ2n) is 5.37. The SMILES string of the molecule is COC(=O)Nc1cccc(NC(=O)NCCOCCC(C)C)c1. The standard InChI is InChI=1S/C16H25N3O4/c1-12(2)7-9-23-10-8-17-15(20)18-13-5-4-6-14(11-13)19-16(21)22-3/h4-6,11-12H,7-10H2,1-3H3,(H,19,21)(H2,17,18,20). The molecule has 0 fully saturated rings. The van der Waals surface area contributed by atoms with Crippen LogP contribution in [0.4, 0.5) is 21.0 Å². The van der Waals surface area contributed by atoms with E-state index < -0.39 is 6.09 Å². The van der Waals surface area contributed by atoms with Crippen molar-refractivity contribution in [2.75, 3.05) is 37.5 Å². The molecule has 0 aromatic heterocycles. The molecule has 0 radical (unpaired) electrons. The normalized spacial score (nSPS) is 10.3. The second kappa shape index (κ2) is 10.4. The van der Waals surface area contributed by atoms with E-state index in [0.717, 1.165) is 6.42 Å². The fourth-order valence-electron chi connectivity index (χ4n) is 1.68. The van der Waals surface area contributed by atoms with Gasteiger partial charge in [-0.3, -0.25) is 5.32 Å². The summed E-state index contributed by atoms with van der Waals surface area (Å²) in [6, 6.07) is 6.45. The van der Waals surface area contributed by atoms with Gasteiger partial charge in [-0.15, -0.1) is 0 Å². The van der Waals surface area contributed by atoms with Gasteiger partial charge in [0.2, 0.25) is 0 Å².